The van der Waals surface area contributed by atoms with Crippen molar-refractivity contribution in [1.29, 1.82) is 0 Å². The first-order valence-corrected chi connectivity index (χ1v) is 12.4. The van der Waals surface area contributed by atoms with E-state index >= 15 is 0 Å². The number of thioether (sulfide) groups is 1. The van der Waals surface area contributed by atoms with Gasteiger partial charge in [-0.15, -0.1) is 0 Å². The minimum Gasteiger partial charge on any atom is -0.483 e. The van der Waals surface area contributed by atoms with E-state index in [1.54, 1.807) is 19.9 Å². The molecule has 2 aromatic rings. The fourth-order valence-corrected chi connectivity index (χ4v) is 4.81. The highest BCUT2D eigenvalue weighted by atomic mass is 79.9. The lowest BCUT2D eigenvalue weighted by molar-refractivity contribution is -0.139. The number of allylic oxidation sites excluding steroid dienone is 1. The van der Waals surface area contributed by atoms with Crippen LogP contribution in [0.2, 0.25) is 0 Å². The zero-order valence-electron chi connectivity index (χ0n) is 19.0. The van der Waals surface area contributed by atoms with Gasteiger partial charge in [0.25, 0.3) is 5.91 Å². The van der Waals surface area contributed by atoms with Crippen LogP contribution in [0.1, 0.15) is 31.0 Å². The van der Waals surface area contributed by atoms with Crippen LogP contribution in [0.15, 0.2) is 74.8 Å². The molecule has 0 aliphatic carbocycles. The molecule has 0 aromatic heterocycles. The Morgan fingerprint density at radius 2 is 2.00 bits per heavy atom. The Morgan fingerprint density at radius 3 is 2.76 bits per heavy atom. The number of fused-ring (bicyclic) bond motifs is 1. The molecule has 2 aliphatic heterocycles. The summed E-state index contributed by atoms with van der Waals surface area (Å²) in [6, 6.07) is 12.5. The summed E-state index contributed by atoms with van der Waals surface area (Å²) in [4.78, 5) is 32.0. The topological polar surface area (TPSA) is 80.2 Å². The van der Waals surface area contributed by atoms with Crippen molar-refractivity contribution in [3.8, 4) is 5.75 Å². The summed E-state index contributed by atoms with van der Waals surface area (Å²) in [5.41, 5.74) is 3.51. The molecule has 0 spiro atoms. The lowest BCUT2D eigenvalue weighted by Crippen LogP contribution is -2.34. The molecular formula is C25H24BrN3O4S. The van der Waals surface area contributed by atoms with Crippen molar-refractivity contribution in [3.63, 3.8) is 0 Å². The van der Waals surface area contributed by atoms with Crippen LogP contribution in [-0.4, -0.2) is 35.2 Å². The zero-order valence-corrected chi connectivity index (χ0v) is 21.4. The molecule has 0 bridgehead atoms. The summed E-state index contributed by atoms with van der Waals surface area (Å²) in [6.07, 6.45) is 1.89. The van der Waals surface area contributed by atoms with Gasteiger partial charge in [0.1, 0.15) is 5.75 Å². The Labute approximate surface area is 211 Å². The molecule has 7 nitrogen and oxygen atoms in total. The Kier molecular flexibility index (Phi) is 7.43. The molecule has 0 radical (unpaired) electrons. The van der Waals surface area contributed by atoms with Gasteiger partial charge in [-0.1, -0.05) is 45.9 Å². The summed E-state index contributed by atoms with van der Waals surface area (Å²) in [6.45, 7) is 5.61. The Balaban J connectivity index is 1.58. The summed E-state index contributed by atoms with van der Waals surface area (Å²) in [5, 5.41) is 5.55. The summed E-state index contributed by atoms with van der Waals surface area (Å²) in [5.74, 6) is -0.191. The molecule has 0 saturated carbocycles. The number of carbonyl (C=O) groups excluding carboxylic acids is 2. The summed E-state index contributed by atoms with van der Waals surface area (Å²) in [7, 11) is 0. The van der Waals surface area contributed by atoms with Crippen molar-refractivity contribution < 1.29 is 19.1 Å². The number of aliphatic imine (C=N–C) groups is 1. The SMILES string of the molecule is CCOC(=O)C1=C(C)N=C2SC=CN2[C@H]1c1ccccc1OCC(=O)Nc1ccc(Br)c(C)c1. The maximum absolute atomic E-state index is 12.9. The van der Waals surface area contributed by atoms with E-state index in [4.69, 9.17) is 9.47 Å². The predicted octanol–water partition coefficient (Wildman–Crippen LogP) is 5.54. The predicted molar refractivity (Wildman–Crippen MR) is 138 cm³/mol. The van der Waals surface area contributed by atoms with Gasteiger partial charge in [0.05, 0.1) is 23.9 Å². The monoisotopic (exact) mass is 541 g/mol. The number of esters is 1. The molecule has 2 aliphatic rings. The van der Waals surface area contributed by atoms with Crippen LogP contribution in [0.3, 0.4) is 0 Å². The van der Waals surface area contributed by atoms with E-state index < -0.39 is 12.0 Å². The first-order chi connectivity index (χ1) is 16.4. The number of para-hydroxylation sites is 1. The van der Waals surface area contributed by atoms with Crippen LogP contribution in [0.25, 0.3) is 0 Å². The summed E-state index contributed by atoms with van der Waals surface area (Å²) >= 11 is 4.94. The number of hydrogen-bond acceptors (Lipinski definition) is 7. The minimum absolute atomic E-state index is 0.179. The van der Waals surface area contributed by atoms with E-state index in [1.165, 1.54) is 11.8 Å². The number of nitrogens with zero attached hydrogens (tertiary/aromatic N) is 2. The third-order valence-electron chi connectivity index (χ3n) is 5.33. The number of hydrogen-bond donors (Lipinski definition) is 1. The maximum Gasteiger partial charge on any atom is 0.338 e. The molecule has 9 heteroatoms. The lowest BCUT2D eigenvalue weighted by atomic mass is 9.94. The average molecular weight is 542 g/mol. The van der Waals surface area contributed by atoms with Crippen molar-refractivity contribution in [2.75, 3.05) is 18.5 Å². The molecule has 1 atom stereocenters. The average Bonchev–Trinajstić information content (AvgIpc) is 3.27. The number of amidine groups is 1. The van der Waals surface area contributed by atoms with E-state index in [1.807, 2.05) is 59.8 Å². The molecule has 0 saturated heterocycles. The quantitative estimate of drug-likeness (QED) is 0.463. The van der Waals surface area contributed by atoms with E-state index in [0.29, 0.717) is 22.7 Å². The van der Waals surface area contributed by atoms with Gasteiger partial charge >= 0.3 is 5.97 Å². The molecular weight excluding hydrogens is 518 g/mol. The van der Waals surface area contributed by atoms with Crippen LogP contribution in [-0.2, 0) is 14.3 Å². The molecule has 0 fully saturated rings. The van der Waals surface area contributed by atoms with Gasteiger partial charge < -0.3 is 19.7 Å². The van der Waals surface area contributed by atoms with E-state index in [9.17, 15) is 9.59 Å². The largest absolute Gasteiger partial charge is 0.483 e. The molecule has 176 valence electrons. The Bertz CT molecular complexity index is 1220. The van der Waals surface area contributed by atoms with Crippen molar-refractivity contribution in [1.82, 2.24) is 4.90 Å². The van der Waals surface area contributed by atoms with Crippen molar-refractivity contribution in [3.05, 3.63) is 80.9 Å². The van der Waals surface area contributed by atoms with Gasteiger partial charge in [0.15, 0.2) is 11.8 Å². The second-order valence-corrected chi connectivity index (χ2v) is 9.39. The van der Waals surface area contributed by atoms with Crippen molar-refractivity contribution in [2.45, 2.75) is 26.8 Å². The van der Waals surface area contributed by atoms with E-state index in [-0.39, 0.29) is 19.1 Å². The third-order valence-corrected chi connectivity index (χ3v) is 6.99. The van der Waals surface area contributed by atoms with Crippen LogP contribution in [0, 0.1) is 6.92 Å². The van der Waals surface area contributed by atoms with Crippen molar-refractivity contribution in [2.24, 2.45) is 4.99 Å². The molecule has 1 amide bonds. The molecule has 34 heavy (non-hydrogen) atoms. The van der Waals surface area contributed by atoms with E-state index in [0.717, 1.165) is 20.8 Å². The number of carbonyl (C=O) groups is 2. The van der Waals surface area contributed by atoms with Crippen LogP contribution in [0.4, 0.5) is 5.69 Å². The first-order valence-electron chi connectivity index (χ1n) is 10.7. The molecule has 2 heterocycles. The fourth-order valence-electron chi connectivity index (χ4n) is 3.78. The first kappa shape index (κ1) is 24.1. The fraction of sp³-hybridized carbons (Fsp3) is 0.240. The van der Waals surface area contributed by atoms with Crippen LogP contribution >= 0.6 is 27.7 Å². The van der Waals surface area contributed by atoms with Gasteiger partial charge in [0.2, 0.25) is 0 Å². The number of halogens is 1. The Hall–Kier alpha value is -3.04. The smallest absolute Gasteiger partial charge is 0.338 e. The van der Waals surface area contributed by atoms with Crippen LogP contribution in [0.5, 0.6) is 5.75 Å². The van der Waals surface area contributed by atoms with Gasteiger partial charge in [0, 0.05) is 21.9 Å². The number of anilines is 1. The molecule has 1 N–H and O–H groups in total. The highest BCUT2D eigenvalue weighted by molar-refractivity contribution is 9.10. The number of amides is 1. The van der Waals surface area contributed by atoms with Crippen LogP contribution < -0.4 is 10.1 Å². The van der Waals surface area contributed by atoms with Crippen molar-refractivity contribution >= 4 is 50.4 Å². The maximum atomic E-state index is 12.9. The highest BCUT2D eigenvalue weighted by Crippen LogP contribution is 2.43. The third kappa shape index (κ3) is 5.05. The number of aryl methyl sites for hydroxylation is 1. The number of nitrogens with one attached hydrogen (secondary N) is 1. The number of benzene rings is 2. The standard InChI is InChI=1S/C25H24BrN3O4S/c1-4-32-24(31)22-16(3)27-25-29(11-12-34-25)23(22)18-7-5-6-8-20(18)33-14-21(30)28-17-9-10-19(26)15(2)13-17/h5-13,23H,4,14H2,1-3H3,(H,28,30)/t23-/m0/s1. The van der Waals surface area contributed by atoms with Gasteiger partial charge in [-0.05, 0) is 56.0 Å². The van der Waals surface area contributed by atoms with Gasteiger partial charge in [-0.2, -0.15) is 0 Å². The molecule has 2 aromatic carbocycles. The number of ether oxygens (including phenoxy) is 2. The number of rotatable bonds is 7. The molecule has 4 rings (SSSR count). The second-order valence-electron chi connectivity index (χ2n) is 7.67. The normalized spacial score (nSPS) is 16.8. The lowest BCUT2D eigenvalue weighted by Gasteiger charge is -2.34. The van der Waals surface area contributed by atoms with E-state index in [2.05, 4.69) is 26.2 Å². The molecule has 0 unspecified atom stereocenters. The summed E-state index contributed by atoms with van der Waals surface area (Å²) < 4.78 is 12.3. The van der Waals surface area contributed by atoms with Gasteiger partial charge in [-0.3, -0.25) is 4.79 Å². The van der Waals surface area contributed by atoms with Gasteiger partial charge in [-0.25, -0.2) is 9.79 Å². The second kappa shape index (κ2) is 10.5. The Morgan fingerprint density at radius 1 is 1.21 bits per heavy atom. The minimum atomic E-state index is -0.480. The highest BCUT2D eigenvalue weighted by Gasteiger charge is 2.38. The zero-order chi connectivity index (χ0) is 24.2.